The van der Waals surface area contributed by atoms with E-state index < -0.39 is 11.0 Å². The van der Waals surface area contributed by atoms with Gasteiger partial charge in [-0.05, 0) is 70.2 Å². The van der Waals surface area contributed by atoms with Crippen LogP contribution in [0.3, 0.4) is 0 Å². The van der Waals surface area contributed by atoms with E-state index in [1.165, 1.54) is 0 Å². The number of carbonyl (C=O) groups excluding carboxylic acids is 2. The van der Waals surface area contributed by atoms with Gasteiger partial charge in [-0.25, -0.2) is 0 Å². The van der Waals surface area contributed by atoms with Crippen LogP contribution in [-0.2, 0) is 9.59 Å². The van der Waals surface area contributed by atoms with Gasteiger partial charge in [0.2, 0.25) is 5.91 Å². The molecule has 0 unspecified atom stereocenters. The molecule has 3 rings (SSSR count). The maximum Gasteiger partial charge on any atom is 0.267 e. The molecule has 0 spiro atoms. The Balaban J connectivity index is 1.83. The van der Waals surface area contributed by atoms with Crippen molar-refractivity contribution in [1.29, 1.82) is 0 Å². The fourth-order valence-corrected chi connectivity index (χ4v) is 3.28. The van der Waals surface area contributed by atoms with Crippen LogP contribution in [0.5, 0.6) is 11.5 Å². The third kappa shape index (κ3) is 5.02. The molecule has 2 aromatic carbocycles. The van der Waals surface area contributed by atoms with Crippen molar-refractivity contribution < 1.29 is 19.1 Å². The fraction of sp³-hybridized carbons (Fsp3) is 0.333. The monoisotopic (exact) mass is 442 g/mol. The lowest BCUT2D eigenvalue weighted by Crippen LogP contribution is -2.43. The molecule has 2 aromatic rings. The molecular formula is C24H27ClN2O4. The second kappa shape index (κ2) is 8.63. The van der Waals surface area contributed by atoms with Gasteiger partial charge in [-0.3, -0.25) is 9.59 Å². The third-order valence-corrected chi connectivity index (χ3v) is 5.22. The molecule has 1 heterocycles. The largest absolute Gasteiger partial charge is 0.490 e. The van der Waals surface area contributed by atoms with E-state index in [0.29, 0.717) is 34.4 Å². The summed E-state index contributed by atoms with van der Waals surface area (Å²) in [6.07, 6.45) is 1.66. The molecular weight excluding hydrogens is 416 g/mol. The number of hydrogen-bond donors (Lipinski definition) is 1. The van der Waals surface area contributed by atoms with Crippen molar-refractivity contribution in [2.24, 2.45) is 5.41 Å². The van der Waals surface area contributed by atoms with Gasteiger partial charge >= 0.3 is 0 Å². The van der Waals surface area contributed by atoms with Crippen molar-refractivity contribution in [3.8, 4) is 11.5 Å². The first-order valence-corrected chi connectivity index (χ1v) is 10.4. The average Bonchev–Trinajstić information content (AvgIpc) is 2.80. The van der Waals surface area contributed by atoms with Crippen molar-refractivity contribution in [3.63, 3.8) is 0 Å². The first kappa shape index (κ1) is 22.7. The maximum atomic E-state index is 13.0. The van der Waals surface area contributed by atoms with E-state index in [0.717, 1.165) is 0 Å². The van der Waals surface area contributed by atoms with Crippen molar-refractivity contribution >= 4 is 34.8 Å². The fourth-order valence-electron chi connectivity index (χ4n) is 3.16. The SMILES string of the molecule is C=CCN1C(=O)C(C)(C)COc2ccc(NC(=O)C(C)(C)Oc3ccc(Cl)cc3)cc21. The number of rotatable bonds is 6. The molecule has 0 fully saturated rings. The summed E-state index contributed by atoms with van der Waals surface area (Å²) >= 11 is 5.91. The second-order valence-electron chi connectivity index (χ2n) is 8.58. The van der Waals surface area contributed by atoms with Crippen LogP contribution in [0, 0.1) is 5.41 Å². The summed E-state index contributed by atoms with van der Waals surface area (Å²) in [5, 5.41) is 3.46. The van der Waals surface area contributed by atoms with Crippen LogP contribution in [0.2, 0.25) is 5.02 Å². The van der Waals surface area contributed by atoms with Gasteiger partial charge in [0.15, 0.2) is 5.60 Å². The number of carbonyl (C=O) groups is 2. The molecule has 164 valence electrons. The highest BCUT2D eigenvalue weighted by molar-refractivity contribution is 6.30. The highest BCUT2D eigenvalue weighted by Crippen LogP contribution is 2.38. The number of halogens is 1. The van der Waals surface area contributed by atoms with E-state index in [2.05, 4.69) is 11.9 Å². The summed E-state index contributed by atoms with van der Waals surface area (Å²) in [6.45, 7) is 11.4. The van der Waals surface area contributed by atoms with Gasteiger partial charge in [0.1, 0.15) is 18.1 Å². The Morgan fingerprint density at radius 3 is 2.61 bits per heavy atom. The zero-order valence-electron chi connectivity index (χ0n) is 18.2. The third-order valence-electron chi connectivity index (χ3n) is 4.97. The lowest BCUT2D eigenvalue weighted by molar-refractivity contribution is -0.128. The van der Waals surface area contributed by atoms with Crippen molar-refractivity contribution in [2.75, 3.05) is 23.4 Å². The van der Waals surface area contributed by atoms with Crippen molar-refractivity contribution in [3.05, 3.63) is 60.1 Å². The number of anilines is 2. The van der Waals surface area contributed by atoms with Crippen LogP contribution < -0.4 is 19.7 Å². The van der Waals surface area contributed by atoms with E-state index in [9.17, 15) is 9.59 Å². The molecule has 0 aromatic heterocycles. The smallest absolute Gasteiger partial charge is 0.267 e. The van der Waals surface area contributed by atoms with Gasteiger partial charge < -0.3 is 19.7 Å². The molecule has 31 heavy (non-hydrogen) atoms. The molecule has 6 nitrogen and oxygen atoms in total. The first-order chi connectivity index (χ1) is 14.5. The predicted octanol–water partition coefficient (Wildman–Crippen LogP) is 5.07. The van der Waals surface area contributed by atoms with Gasteiger partial charge in [0, 0.05) is 17.3 Å². The van der Waals surface area contributed by atoms with Crippen LogP contribution in [0.25, 0.3) is 0 Å². The molecule has 0 saturated heterocycles. The van der Waals surface area contributed by atoms with Gasteiger partial charge in [-0.1, -0.05) is 17.7 Å². The Morgan fingerprint density at radius 1 is 1.29 bits per heavy atom. The van der Waals surface area contributed by atoms with Gasteiger partial charge in [-0.15, -0.1) is 6.58 Å². The van der Waals surface area contributed by atoms with Crippen molar-refractivity contribution in [1.82, 2.24) is 0 Å². The molecule has 0 bridgehead atoms. The highest BCUT2D eigenvalue weighted by atomic mass is 35.5. The first-order valence-electron chi connectivity index (χ1n) is 9.99. The minimum Gasteiger partial charge on any atom is -0.490 e. The van der Waals surface area contributed by atoms with Gasteiger partial charge in [0.25, 0.3) is 5.91 Å². The summed E-state index contributed by atoms with van der Waals surface area (Å²) in [4.78, 5) is 27.6. The number of benzene rings is 2. The quantitative estimate of drug-likeness (QED) is 0.634. The lowest BCUT2D eigenvalue weighted by atomic mass is 9.93. The van der Waals surface area contributed by atoms with E-state index in [1.54, 1.807) is 67.3 Å². The molecule has 1 aliphatic heterocycles. The minimum atomic E-state index is -1.14. The van der Waals surface area contributed by atoms with Gasteiger partial charge in [-0.2, -0.15) is 0 Å². The zero-order valence-corrected chi connectivity index (χ0v) is 19.0. The van der Waals surface area contributed by atoms with Crippen molar-refractivity contribution in [2.45, 2.75) is 33.3 Å². The standard InChI is InChI=1S/C24H27ClN2O4/c1-6-13-27-19-14-17(9-12-20(19)30-15-23(2,3)22(27)29)26-21(28)24(4,5)31-18-10-7-16(25)8-11-18/h6-12,14H,1,13,15H2,2-5H3,(H,26,28). The average molecular weight is 443 g/mol. The number of fused-ring (bicyclic) bond motifs is 1. The molecule has 7 heteroatoms. The summed E-state index contributed by atoms with van der Waals surface area (Å²) < 4.78 is 11.7. The summed E-state index contributed by atoms with van der Waals surface area (Å²) in [5.74, 6) is 0.709. The van der Waals surface area contributed by atoms with E-state index in [1.807, 2.05) is 13.8 Å². The molecule has 1 aliphatic rings. The molecule has 2 amide bonds. The lowest BCUT2D eigenvalue weighted by Gasteiger charge is -2.28. The maximum absolute atomic E-state index is 13.0. The Labute approximate surface area is 187 Å². The topological polar surface area (TPSA) is 67.9 Å². The predicted molar refractivity (Wildman–Crippen MR) is 123 cm³/mol. The molecule has 0 aliphatic carbocycles. The number of hydrogen-bond acceptors (Lipinski definition) is 4. The minimum absolute atomic E-state index is 0.0685. The number of ether oxygens (including phenoxy) is 2. The van der Waals surface area contributed by atoms with E-state index in [-0.39, 0.29) is 18.4 Å². The molecule has 1 N–H and O–H groups in total. The molecule has 0 radical (unpaired) electrons. The Morgan fingerprint density at radius 2 is 1.97 bits per heavy atom. The Bertz CT molecular complexity index is 999. The Hall–Kier alpha value is -2.99. The van der Waals surface area contributed by atoms with Gasteiger partial charge in [0.05, 0.1) is 11.1 Å². The van der Waals surface area contributed by atoms with E-state index >= 15 is 0 Å². The molecule has 0 atom stereocenters. The number of nitrogens with zero attached hydrogens (tertiary/aromatic N) is 1. The number of amides is 2. The van der Waals surface area contributed by atoms with Crippen LogP contribution in [-0.4, -0.2) is 30.6 Å². The van der Waals surface area contributed by atoms with Crippen LogP contribution >= 0.6 is 11.6 Å². The summed E-state index contributed by atoms with van der Waals surface area (Å²) in [5.41, 5.74) is -0.707. The molecule has 0 saturated carbocycles. The number of nitrogens with one attached hydrogen (secondary N) is 1. The second-order valence-corrected chi connectivity index (χ2v) is 9.02. The summed E-state index contributed by atoms with van der Waals surface area (Å²) in [7, 11) is 0. The summed E-state index contributed by atoms with van der Waals surface area (Å²) in [6, 6.07) is 12.0. The Kier molecular flexibility index (Phi) is 6.32. The van der Waals surface area contributed by atoms with Crippen LogP contribution in [0.1, 0.15) is 27.7 Å². The van der Waals surface area contributed by atoms with E-state index in [4.69, 9.17) is 21.1 Å². The highest BCUT2D eigenvalue weighted by Gasteiger charge is 2.37. The normalized spacial score (nSPS) is 15.4. The van der Waals surface area contributed by atoms with Crippen LogP contribution in [0.4, 0.5) is 11.4 Å². The van der Waals surface area contributed by atoms with Crippen LogP contribution in [0.15, 0.2) is 55.1 Å². The zero-order chi connectivity index (χ0) is 22.8.